The molecule has 4 rings (SSSR count). The van der Waals surface area contributed by atoms with E-state index in [1.165, 1.54) is 12.1 Å². The van der Waals surface area contributed by atoms with Crippen LogP contribution in [0.3, 0.4) is 0 Å². The maximum absolute atomic E-state index is 12.8. The van der Waals surface area contributed by atoms with Crippen LogP contribution in [0, 0.1) is 0 Å². The van der Waals surface area contributed by atoms with Crippen LogP contribution >= 0.6 is 11.6 Å². The molecule has 1 aliphatic heterocycles. The fourth-order valence-corrected chi connectivity index (χ4v) is 3.46. The summed E-state index contributed by atoms with van der Waals surface area (Å²) in [6.45, 7) is 1.08. The summed E-state index contributed by atoms with van der Waals surface area (Å²) in [5, 5.41) is 3.60. The number of nitrogens with zero attached hydrogens (tertiary/aromatic N) is 4. The Hall–Kier alpha value is -3.07. The normalized spacial score (nSPS) is 13.9. The molecule has 6 nitrogen and oxygen atoms in total. The van der Waals surface area contributed by atoms with Gasteiger partial charge in [0.15, 0.2) is 0 Å². The Bertz CT molecular complexity index is 1040. The van der Waals surface area contributed by atoms with Crippen molar-refractivity contribution in [3.05, 3.63) is 64.4 Å². The van der Waals surface area contributed by atoms with Crippen molar-refractivity contribution in [3.63, 3.8) is 0 Å². The Balaban J connectivity index is 1.60. The van der Waals surface area contributed by atoms with Crippen molar-refractivity contribution >= 4 is 34.9 Å². The molecule has 0 spiro atoms. The van der Waals surface area contributed by atoms with Gasteiger partial charge < -0.3 is 16.0 Å². The first-order valence-electron chi connectivity index (χ1n) is 8.76. The summed E-state index contributed by atoms with van der Waals surface area (Å²) in [6, 6.07) is 8.28. The summed E-state index contributed by atoms with van der Waals surface area (Å²) < 4.78 is 38.3. The van der Waals surface area contributed by atoms with Crippen molar-refractivity contribution in [2.75, 3.05) is 22.5 Å². The molecule has 0 bridgehead atoms. The number of benzene rings is 1. The third-order valence-electron chi connectivity index (χ3n) is 4.60. The minimum absolute atomic E-state index is 0.0760. The Morgan fingerprint density at radius 1 is 1.10 bits per heavy atom. The standard InChI is InChI=1S/C19H16ClF3N6/c20-14-2-1-8-25-17(14)29-9-7-13-15(10-29)27-18(24)28-16(13)26-12-5-3-11(4-6-12)19(21,22)23/h1-6,8H,7,9-10H2,(H3,24,26,27,28). The van der Waals surface area contributed by atoms with Crippen molar-refractivity contribution < 1.29 is 13.2 Å². The molecule has 2 aromatic heterocycles. The summed E-state index contributed by atoms with van der Waals surface area (Å²) in [5.74, 6) is 1.22. The Labute approximate surface area is 169 Å². The molecule has 0 saturated heterocycles. The maximum Gasteiger partial charge on any atom is 0.416 e. The van der Waals surface area contributed by atoms with E-state index in [4.69, 9.17) is 17.3 Å². The fourth-order valence-electron chi connectivity index (χ4n) is 3.22. The lowest BCUT2D eigenvalue weighted by Crippen LogP contribution is -2.33. The number of alkyl halides is 3. The van der Waals surface area contributed by atoms with Gasteiger partial charge in [0.1, 0.15) is 11.6 Å². The van der Waals surface area contributed by atoms with Gasteiger partial charge in [-0.15, -0.1) is 0 Å². The molecular weight excluding hydrogens is 405 g/mol. The van der Waals surface area contributed by atoms with E-state index in [-0.39, 0.29) is 5.95 Å². The summed E-state index contributed by atoms with van der Waals surface area (Å²) in [5.41, 5.74) is 7.21. The molecule has 29 heavy (non-hydrogen) atoms. The number of fused-ring (bicyclic) bond motifs is 1. The van der Waals surface area contributed by atoms with Crippen LogP contribution in [0.5, 0.6) is 0 Å². The van der Waals surface area contributed by atoms with Crippen molar-refractivity contribution in [1.29, 1.82) is 0 Å². The molecule has 1 aromatic carbocycles. The Morgan fingerprint density at radius 2 is 1.86 bits per heavy atom. The molecule has 0 atom stereocenters. The lowest BCUT2D eigenvalue weighted by atomic mass is 10.1. The largest absolute Gasteiger partial charge is 0.416 e. The topological polar surface area (TPSA) is 80.0 Å². The zero-order chi connectivity index (χ0) is 20.6. The second kappa shape index (κ2) is 7.40. The molecule has 150 valence electrons. The fraction of sp³-hybridized carbons (Fsp3) is 0.211. The maximum atomic E-state index is 12.8. The van der Waals surface area contributed by atoms with Gasteiger partial charge in [-0.25, -0.2) is 9.97 Å². The van der Waals surface area contributed by atoms with E-state index < -0.39 is 11.7 Å². The van der Waals surface area contributed by atoms with E-state index in [0.717, 1.165) is 23.4 Å². The van der Waals surface area contributed by atoms with E-state index in [9.17, 15) is 13.2 Å². The molecule has 0 aliphatic carbocycles. The van der Waals surface area contributed by atoms with E-state index in [0.29, 0.717) is 41.9 Å². The van der Waals surface area contributed by atoms with Crippen LogP contribution in [0.15, 0.2) is 42.6 Å². The van der Waals surface area contributed by atoms with Gasteiger partial charge in [-0.2, -0.15) is 18.2 Å². The molecule has 3 aromatic rings. The molecule has 3 N–H and O–H groups in total. The molecule has 0 unspecified atom stereocenters. The number of aromatic nitrogens is 3. The zero-order valence-electron chi connectivity index (χ0n) is 15.0. The second-order valence-corrected chi connectivity index (χ2v) is 6.94. The molecule has 0 saturated carbocycles. The van der Waals surface area contributed by atoms with Crippen molar-refractivity contribution in [2.24, 2.45) is 0 Å². The number of anilines is 4. The van der Waals surface area contributed by atoms with Gasteiger partial charge in [0.2, 0.25) is 5.95 Å². The number of nitrogens with two attached hydrogens (primary N) is 1. The van der Waals surface area contributed by atoms with Crippen LogP contribution in [0.25, 0.3) is 0 Å². The molecular formula is C19H16ClF3N6. The van der Waals surface area contributed by atoms with Gasteiger partial charge in [-0.1, -0.05) is 11.6 Å². The lowest BCUT2D eigenvalue weighted by Gasteiger charge is -2.30. The number of nitrogen functional groups attached to an aromatic ring is 1. The number of rotatable bonds is 3. The number of hydrogen-bond donors (Lipinski definition) is 2. The van der Waals surface area contributed by atoms with Crippen LogP contribution in [-0.4, -0.2) is 21.5 Å². The van der Waals surface area contributed by atoms with Gasteiger partial charge in [0, 0.05) is 24.0 Å². The molecule has 0 fully saturated rings. The summed E-state index contributed by atoms with van der Waals surface area (Å²) >= 11 is 6.25. The Morgan fingerprint density at radius 3 is 2.55 bits per heavy atom. The van der Waals surface area contributed by atoms with E-state index in [2.05, 4.69) is 20.3 Å². The van der Waals surface area contributed by atoms with Crippen molar-refractivity contribution in [1.82, 2.24) is 15.0 Å². The quantitative estimate of drug-likeness (QED) is 0.652. The average molecular weight is 421 g/mol. The number of halogens is 4. The van der Waals surface area contributed by atoms with Crippen LogP contribution in [0.4, 0.5) is 36.4 Å². The smallest absolute Gasteiger partial charge is 0.368 e. The van der Waals surface area contributed by atoms with Crippen LogP contribution in [0.1, 0.15) is 16.8 Å². The molecule has 10 heteroatoms. The lowest BCUT2D eigenvalue weighted by molar-refractivity contribution is -0.137. The first-order chi connectivity index (χ1) is 13.8. The van der Waals surface area contributed by atoms with Gasteiger partial charge in [0.25, 0.3) is 0 Å². The molecule has 0 radical (unpaired) electrons. The van der Waals surface area contributed by atoms with E-state index in [1.54, 1.807) is 18.3 Å². The van der Waals surface area contributed by atoms with Crippen molar-refractivity contribution in [2.45, 2.75) is 19.1 Å². The number of nitrogens with one attached hydrogen (secondary N) is 1. The van der Waals surface area contributed by atoms with Crippen LogP contribution < -0.4 is 16.0 Å². The molecule has 1 aliphatic rings. The summed E-state index contributed by atoms with van der Waals surface area (Å²) in [4.78, 5) is 14.9. The minimum Gasteiger partial charge on any atom is -0.368 e. The minimum atomic E-state index is -4.38. The summed E-state index contributed by atoms with van der Waals surface area (Å²) in [7, 11) is 0. The summed E-state index contributed by atoms with van der Waals surface area (Å²) in [6.07, 6.45) is -2.11. The highest BCUT2D eigenvalue weighted by Gasteiger charge is 2.30. The predicted molar refractivity (Wildman–Crippen MR) is 105 cm³/mol. The Kier molecular flexibility index (Phi) is 4.91. The monoisotopic (exact) mass is 420 g/mol. The number of hydrogen-bond acceptors (Lipinski definition) is 6. The first-order valence-corrected chi connectivity index (χ1v) is 9.14. The zero-order valence-corrected chi connectivity index (χ0v) is 15.8. The van der Waals surface area contributed by atoms with E-state index >= 15 is 0 Å². The van der Waals surface area contributed by atoms with Gasteiger partial charge in [-0.3, -0.25) is 0 Å². The van der Waals surface area contributed by atoms with Crippen molar-refractivity contribution in [3.8, 4) is 0 Å². The average Bonchev–Trinajstić information content (AvgIpc) is 2.67. The van der Waals surface area contributed by atoms with Gasteiger partial charge >= 0.3 is 6.18 Å². The molecule has 0 amide bonds. The highest BCUT2D eigenvalue weighted by Crippen LogP contribution is 2.33. The predicted octanol–water partition coefficient (Wildman–Crippen LogP) is 4.43. The first kappa shape index (κ1) is 19.3. The van der Waals surface area contributed by atoms with Gasteiger partial charge in [-0.05, 0) is 42.8 Å². The molecule has 3 heterocycles. The number of pyridine rings is 1. The highest BCUT2D eigenvalue weighted by molar-refractivity contribution is 6.32. The third-order valence-corrected chi connectivity index (χ3v) is 4.89. The van der Waals surface area contributed by atoms with Crippen LogP contribution in [-0.2, 0) is 19.1 Å². The highest BCUT2D eigenvalue weighted by atomic mass is 35.5. The van der Waals surface area contributed by atoms with Crippen LogP contribution in [0.2, 0.25) is 5.02 Å². The van der Waals surface area contributed by atoms with E-state index in [1.807, 2.05) is 4.90 Å². The third kappa shape index (κ3) is 4.04. The van der Waals surface area contributed by atoms with Gasteiger partial charge in [0.05, 0.1) is 22.8 Å². The second-order valence-electron chi connectivity index (χ2n) is 6.54. The SMILES string of the molecule is Nc1nc2c(c(Nc3ccc(C(F)(F)F)cc3)n1)CCN(c1ncccc1Cl)C2.